The van der Waals surface area contributed by atoms with Crippen molar-refractivity contribution in [2.24, 2.45) is 5.10 Å². The number of aromatic nitrogens is 1. The monoisotopic (exact) mass is 339 g/mol. The molecule has 0 aliphatic carbocycles. The molecule has 0 radical (unpaired) electrons. The van der Waals surface area contributed by atoms with E-state index in [0.29, 0.717) is 16.4 Å². The first-order valence-corrected chi connectivity index (χ1v) is 8.18. The zero-order valence-corrected chi connectivity index (χ0v) is 14.2. The number of para-hydroxylation sites is 1. The molecule has 1 heterocycles. The molecular weight excluding hydrogens is 322 g/mol. The molecule has 0 saturated heterocycles. The smallest absolute Gasteiger partial charge is 0.204 e. The molecule has 0 unspecified atom stereocenters. The Kier molecular flexibility index (Phi) is 4.77. The molecule has 2 N–H and O–H groups in total. The normalized spacial score (nSPS) is 10.9. The second-order valence-electron chi connectivity index (χ2n) is 5.06. The standard InChI is InChI=1S/C18H17N3O2S/c1-12-16(13-7-4-3-5-8-13)20-18(24-12)21-19-11-14-9-6-10-15(23-2)17(14)22/h3-11,22H,1-2H3,(H,20,21)/b19-11+. The van der Waals surface area contributed by atoms with Crippen molar-refractivity contribution in [3.63, 3.8) is 0 Å². The average Bonchev–Trinajstić information content (AvgIpc) is 2.98. The van der Waals surface area contributed by atoms with E-state index in [0.717, 1.165) is 16.1 Å². The van der Waals surface area contributed by atoms with Crippen LogP contribution >= 0.6 is 11.3 Å². The van der Waals surface area contributed by atoms with Gasteiger partial charge in [-0.25, -0.2) is 4.98 Å². The molecule has 6 heteroatoms. The molecule has 0 fully saturated rings. The van der Waals surface area contributed by atoms with Crippen molar-refractivity contribution in [3.05, 3.63) is 59.0 Å². The van der Waals surface area contributed by atoms with E-state index in [4.69, 9.17) is 4.74 Å². The summed E-state index contributed by atoms with van der Waals surface area (Å²) in [5.41, 5.74) is 5.51. The van der Waals surface area contributed by atoms with Crippen molar-refractivity contribution in [2.45, 2.75) is 6.92 Å². The first-order valence-electron chi connectivity index (χ1n) is 7.37. The topological polar surface area (TPSA) is 66.7 Å². The number of aryl methyl sites for hydroxylation is 1. The SMILES string of the molecule is COc1cccc(/C=N/Nc2nc(-c3ccccc3)c(C)s2)c1O. The van der Waals surface area contributed by atoms with Gasteiger partial charge < -0.3 is 9.84 Å². The van der Waals surface area contributed by atoms with E-state index in [-0.39, 0.29) is 5.75 Å². The Hall–Kier alpha value is -2.86. The van der Waals surface area contributed by atoms with Crippen molar-refractivity contribution in [2.75, 3.05) is 12.5 Å². The molecule has 1 aromatic heterocycles. The summed E-state index contributed by atoms with van der Waals surface area (Å²) >= 11 is 1.53. The Morgan fingerprint density at radius 3 is 2.71 bits per heavy atom. The zero-order chi connectivity index (χ0) is 16.9. The molecule has 24 heavy (non-hydrogen) atoms. The van der Waals surface area contributed by atoms with Crippen LogP contribution in [0.15, 0.2) is 53.6 Å². The second-order valence-corrected chi connectivity index (χ2v) is 6.26. The summed E-state index contributed by atoms with van der Waals surface area (Å²) in [5, 5.41) is 14.9. The third-order valence-electron chi connectivity index (χ3n) is 3.46. The highest BCUT2D eigenvalue weighted by Crippen LogP contribution is 2.30. The van der Waals surface area contributed by atoms with Crippen LogP contribution in [-0.2, 0) is 0 Å². The van der Waals surface area contributed by atoms with Gasteiger partial charge in [0.2, 0.25) is 5.13 Å². The van der Waals surface area contributed by atoms with Gasteiger partial charge in [0, 0.05) is 16.0 Å². The van der Waals surface area contributed by atoms with Crippen LogP contribution in [0.25, 0.3) is 11.3 Å². The van der Waals surface area contributed by atoms with Crippen LogP contribution in [-0.4, -0.2) is 23.4 Å². The first-order chi connectivity index (χ1) is 11.7. The molecular formula is C18H17N3O2S. The molecule has 3 rings (SSSR count). The lowest BCUT2D eigenvalue weighted by atomic mass is 10.1. The lowest BCUT2D eigenvalue weighted by Gasteiger charge is -2.04. The van der Waals surface area contributed by atoms with Gasteiger partial charge in [0.25, 0.3) is 0 Å². The van der Waals surface area contributed by atoms with Gasteiger partial charge in [0.15, 0.2) is 11.5 Å². The number of nitrogens with one attached hydrogen (secondary N) is 1. The number of nitrogens with zero attached hydrogens (tertiary/aromatic N) is 2. The van der Waals surface area contributed by atoms with Gasteiger partial charge in [-0.1, -0.05) is 36.4 Å². The summed E-state index contributed by atoms with van der Waals surface area (Å²) in [5.74, 6) is 0.473. The number of methoxy groups -OCH3 is 1. The van der Waals surface area contributed by atoms with E-state index in [1.807, 2.05) is 37.3 Å². The molecule has 3 aromatic rings. The largest absolute Gasteiger partial charge is 0.504 e. The number of anilines is 1. The fourth-order valence-corrected chi connectivity index (χ4v) is 3.06. The van der Waals surface area contributed by atoms with E-state index in [9.17, 15) is 5.11 Å². The lowest BCUT2D eigenvalue weighted by molar-refractivity contribution is 0.373. The number of aromatic hydroxyl groups is 1. The number of hydrazone groups is 1. The van der Waals surface area contributed by atoms with Crippen molar-refractivity contribution >= 4 is 22.7 Å². The lowest BCUT2D eigenvalue weighted by Crippen LogP contribution is -1.92. The van der Waals surface area contributed by atoms with Gasteiger partial charge in [0.1, 0.15) is 0 Å². The minimum absolute atomic E-state index is 0.0610. The fraction of sp³-hybridized carbons (Fsp3) is 0.111. The van der Waals surface area contributed by atoms with Crippen LogP contribution in [0.4, 0.5) is 5.13 Å². The van der Waals surface area contributed by atoms with Gasteiger partial charge in [-0.2, -0.15) is 5.10 Å². The van der Waals surface area contributed by atoms with E-state index in [1.54, 1.807) is 18.2 Å². The van der Waals surface area contributed by atoms with Crippen molar-refractivity contribution < 1.29 is 9.84 Å². The van der Waals surface area contributed by atoms with Gasteiger partial charge in [-0.15, -0.1) is 11.3 Å². The minimum atomic E-state index is 0.0610. The maximum atomic E-state index is 10.0. The third-order valence-corrected chi connectivity index (χ3v) is 4.33. The molecule has 0 bridgehead atoms. The molecule has 2 aromatic carbocycles. The number of hydrogen-bond donors (Lipinski definition) is 2. The van der Waals surface area contributed by atoms with Gasteiger partial charge >= 0.3 is 0 Å². The van der Waals surface area contributed by atoms with Gasteiger partial charge in [0.05, 0.1) is 19.0 Å². The predicted octanol–water partition coefficient (Wildman–Crippen LogP) is 4.28. The van der Waals surface area contributed by atoms with Crippen molar-refractivity contribution in [1.82, 2.24) is 4.98 Å². The van der Waals surface area contributed by atoms with Crippen LogP contribution < -0.4 is 10.2 Å². The maximum Gasteiger partial charge on any atom is 0.204 e. The van der Waals surface area contributed by atoms with E-state index < -0.39 is 0 Å². The highest BCUT2D eigenvalue weighted by Gasteiger charge is 2.09. The highest BCUT2D eigenvalue weighted by molar-refractivity contribution is 7.15. The van der Waals surface area contributed by atoms with Crippen LogP contribution in [0.5, 0.6) is 11.5 Å². The zero-order valence-electron chi connectivity index (χ0n) is 13.4. The third kappa shape index (κ3) is 3.38. The molecule has 0 atom stereocenters. The summed E-state index contributed by atoms with van der Waals surface area (Å²) in [6, 6.07) is 15.3. The maximum absolute atomic E-state index is 10.0. The molecule has 5 nitrogen and oxygen atoms in total. The van der Waals surface area contributed by atoms with Crippen LogP contribution in [0.3, 0.4) is 0 Å². The van der Waals surface area contributed by atoms with Crippen LogP contribution in [0, 0.1) is 6.92 Å². The van der Waals surface area contributed by atoms with Crippen LogP contribution in [0.2, 0.25) is 0 Å². The van der Waals surface area contributed by atoms with E-state index in [2.05, 4.69) is 15.5 Å². The van der Waals surface area contributed by atoms with E-state index >= 15 is 0 Å². The number of ether oxygens (including phenoxy) is 1. The van der Waals surface area contributed by atoms with Gasteiger partial charge in [-0.3, -0.25) is 5.43 Å². The quantitative estimate of drug-likeness (QED) is 0.538. The van der Waals surface area contributed by atoms with E-state index in [1.165, 1.54) is 24.7 Å². The summed E-state index contributed by atoms with van der Waals surface area (Å²) in [7, 11) is 1.51. The molecule has 122 valence electrons. The summed E-state index contributed by atoms with van der Waals surface area (Å²) in [6.45, 7) is 2.03. The Bertz CT molecular complexity index is 860. The molecule has 0 saturated carbocycles. The number of thiazole rings is 1. The molecule has 0 amide bonds. The Morgan fingerprint density at radius 2 is 1.96 bits per heavy atom. The number of hydrogen-bond acceptors (Lipinski definition) is 6. The second kappa shape index (κ2) is 7.14. The van der Waals surface area contributed by atoms with Crippen molar-refractivity contribution in [1.29, 1.82) is 0 Å². The Labute approximate surface area is 144 Å². The summed E-state index contributed by atoms with van der Waals surface area (Å²) in [6.07, 6.45) is 1.54. The minimum Gasteiger partial charge on any atom is -0.504 e. The number of benzene rings is 2. The number of phenolic OH excluding ortho intramolecular Hbond substituents is 1. The van der Waals surface area contributed by atoms with Gasteiger partial charge in [-0.05, 0) is 19.1 Å². The molecule has 0 aliphatic rings. The summed E-state index contributed by atoms with van der Waals surface area (Å²) < 4.78 is 5.08. The first kappa shape index (κ1) is 16.0. The average molecular weight is 339 g/mol. The van der Waals surface area contributed by atoms with Crippen molar-refractivity contribution in [3.8, 4) is 22.8 Å². The molecule has 0 aliphatic heterocycles. The fourth-order valence-electron chi connectivity index (χ4n) is 2.27. The highest BCUT2D eigenvalue weighted by atomic mass is 32.1. The Balaban J connectivity index is 1.76. The molecule has 0 spiro atoms. The summed E-state index contributed by atoms with van der Waals surface area (Å²) in [4.78, 5) is 5.69. The number of rotatable bonds is 5. The predicted molar refractivity (Wildman–Crippen MR) is 98.2 cm³/mol. The number of phenols is 1. The Morgan fingerprint density at radius 1 is 1.17 bits per heavy atom. The van der Waals surface area contributed by atoms with Crippen LogP contribution in [0.1, 0.15) is 10.4 Å².